The summed E-state index contributed by atoms with van der Waals surface area (Å²) in [6.07, 6.45) is 0. The molecule has 2 aromatic rings. The van der Waals surface area contributed by atoms with Crippen molar-refractivity contribution in [1.82, 2.24) is 0 Å². The van der Waals surface area contributed by atoms with Gasteiger partial charge in [0.25, 0.3) is 0 Å². The van der Waals surface area contributed by atoms with Crippen LogP contribution < -0.4 is 9.05 Å². The zero-order valence-electron chi connectivity index (χ0n) is 14.8. The Hall–Kier alpha value is -1.77. The van der Waals surface area contributed by atoms with E-state index in [2.05, 4.69) is 13.8 Å². The Balaban J connectivity index is 2.32. The summed E-state index contributed by atoms with van der Waals surface area (Å²) >= 11 is 0. The minimum Gasteiger partial charge on any atom is -0.395 e. The summed E-state index contributed by atoms with van der Waals surface area (Å²) in [4.78, 5) is 10.2. The van der Waals surface area contributed by atoms with E-state index >= 15 is 0 Å². The molecule has 24 heavy (non-hydrogen) atoms. The Morgan fingerprint density at radius 3 is 2.21 bits per heavy atom. The van der Waals surface area contributed by atoms with Gasteiger partial charge in [-0.3, -0.25) is 4.89 Å². The molecule has 0 aliphatic rings. The van der Waals surface area contributed by atoms with Crippen LogP contribution in [0.25, 0.3) is 0 Å². The maximum Gasteiger partial charge on any atom is 0.584 e. The van der Waals surface area contributed by atoms with E-state index in [1.165, 1.54) is 0 Å². The Morgan fingerprint density at radius 1 is 0.958 bits per heavy atom. The molecule has 0 fully saturated rings. The van der Waals surface area contributed by atoms with Gasteiger partial charge < -0.3 is 9.05 Å². The molecular formula is C19H25O4P. The van der Waals surface area contributed by atoms with Gasteiger partial charge in [-0.15, -0.1) is 0 Å². The highest BCUT2D eigenvalue weighted by Crippen LogP contribution is 2.47. The van der Waals surface area contributed by atoms with Crippen LogP contribution >= 0.6 is 7.82 Å². The van der Waals surface area contributed by atoms with E-state index in [0.29, 0.717) is 17.4 Å². The van der Waals surface area contributed by atoms with Crippen molar-refractivity contribution in [3.63, 3.8) is 0 Å². The zero-order chi connectivity index (χ0) is 17.9. The number of phosphoric ester groups is 1. The number of aryl methyl sites for hydroxylation is 1. The van der Waals surface area contributed by atoms with E-state index in [-0.39, 0.29) is 5.92 Å². The zero-order valence-corrected chi connectivity index (χ0v) is 15.7. The van der Waals surface area contributed by atoms with Crippen LogP contribution in [0.1, 0.15) is 56.2 Å². The summed E-state index contributed by atoms with van der Waals surface area (Å²) in [6.45, 7) is 10.1. The standard InChI is InChI=1S/C19H25O4P/c1-13(2)17-10-7-11-18(19(17)14(3)4)23-24(20,21)22-16-9-6-8-15(5)12-16/h6-14H,1-5H3,(H,20,21). The highest BCUT2D eigenvalue weighted by molar-refractivity contribution is 7.48. The maximum absolute atomic E-state index is 12.4. The highest BCUT2D eigenvalue weighted by Gasteiger charge is 2.28. The topological polar surface area (TPSA) is 55.8 Å². The summed E-state index contributed by atoms with van der Waals surface area (Å²) in [5.41, 5.74) is 2.99. The molecular weight excluding hydrogens is 323 g/mol. The van der Waals surface area contributed by atoms with Gasteiger partial charge in [-0.1, -0.05) is 52.0 Å². The van der Waals surface area contributed by atoms with Crippen LogP contribution in [0.4, 0.5) is 0 Å². The van der Waals surface area contributed by atoms with Crippen molar-refractivity contribution in [2.75, 3.05) is 0 Å². The molecule has 0 radical (unpaired) electrons. The second-order valence-corrected chi connectivity index (χ2v) is 7.84. The molecule has 2 rings (SSSR count). The SMILES string of the molecule is Cc1cccc(OP(=O)(O)Oc2cccc(C(C)C)c2C(C)C)c1. The molecule has 0 amide bonds. The third-order valence-electron chi connectivity index (χ3n) is 3.72. The lowest BCUT2D eigenvalue weighted by Crippen LogP contribution is -2.05. The molecule has 0 aliphatic heterocycles. The molecule has 2 aromatic carbocycles. The minimum atomic E-state index is -4.27. The van der Waals surface area contributed by atoms with Gasteiger partial charge in [-0.2, -0.15) is 0 Å². The van der Waals surface area contributed by atoms with Crippen LogP contribution in [0.2, 0.25) is 0 Å². The van der Waals surface area contributed by atoms with Gasteiger partial charge in [0.05, 0.1) is 0 Å². The Morgan fingerprint density at radius 2 is 1.62 bits per heavy atom. The average Bonchev–Trinajstić information content (AvgIpc) is 2.45. The lowest BCUT2D eigenvalue weighted by atomic mass is 9.90. The number of benzene rings is 2. The largest absolute Gasteiger partial charge is 0.584 e. The second kappa shape index (κ2) is 7.42. The predicted octanol–water partition coefficient (Wildman–Crippen LogP) is 5.80. The van der Waals surface area contributed by atoms with Gasteiger partial charge in [0, 0.05) is 5.56 Å². The number of rotatable bonds is 6. The highest BCUT2D eigenvalue weighted by atomic mass is 31.2. The van der Waals surface area contributed by atoms with Crippen LogP contribution in [-0.2, 0) is 4.57 Å². The number of hydrogen-bond acceptors (Lipinski definition) is 3. The first kappa shape index (κ1) is 18.6. The first-order valence-electron chi connectivity index (χ1n) is 8.11. The first-order chi connectivity index (χ1) is 11.2. The molecule has 0 spiro atoms. The smallest absolute Gasteiger partial charge is 0.395 e. The van der Waals surface area contributed by atoms with Gasteiger partial charge in [0.15, 0.2) is 0 Å². The van der Waals surface area contributed by atoms with Gasteiger partial charge in [-0.25, -0.2) is 4.57 Å². The van der Waals surface area contributed by atoms with E-state index < -0.39 is 7.82 Å². The van der Waals surface area contributed by atoms with E-state index in [9.17, 15) is 9.46 Å². The van der Waals surface area contributed by atoms with Crippen LogP contribution in [0.5, 0.6) is 11.5 Å². The van der Waals surface area contributed by atoms with Crippen LogP contribution in [0.3, 0.4) is 0 Å². The van der Waals surface area contributed by atoms with Crippen molar-refractivity contribution in [2.45, 2.75) is 46.5 Å². The molecule has 0 aliphatic carbocycles. The Labute approximate surface area is 144 Å². The van der Waals surface area contributed by atoms with Gasteiger partial charge in [0.2, 0.25) is 0 Å². The van der Waals surface area contributed by atoms with Gasteiger partial charge in [-0.05, 0) is 48.1 Å². The monoisotopic (exact) mass is 348 g/mol. The summed E-state index contributed by atoms with van der Waals surface area (Å²) < 4.78 is 23.1. The van der Waals surface area contributed by atoms with E-state index in [0.717, 1.165) is 16.7 Å². The molecule has 1 unspecified atom stereocenters. The lowest BCUT2D eigenvalue weighted by molar-refractivity contribution is 0.289. The fraction of sp³-hybridized carbons (Fsp3) is 0.368. The number of phosphoric acid groups is 1. The first-order valence-corrected chi connectivity index (χ1v) is 9.60. The van der Waals surface area contributed by atoms with E-state index in [1.807, 2.05) is 39.0 Å². The van der Waals surface area contributed by atoms with Gasteiger partial charge >= 0.3 is 7.82 Å². The van der Waals surface area contributed by atoms with E-state index in [4.69, 9.17) is 9.05 Å². The molecule has 1 atom stereocenters. The molecule has 1 N–H and O–H groups in total. The predicted molar refractivity (Wildman–Crippen MR) is 96.9 cm³/mol. The normalized spacial score (nSPS) is 13.8. The summed E-state index contributed by atoms with van der Waals surface area (Å²) in [6, 6.07) is 12.6. The number of hydrogen-bond donors (Lipinski definition) is 1. The Kier molecular flexibility index (Phi) is 5.74. The van der Waals surface area contributed by atoms with Crippen molar-refractivity contribution in [3.05, 3.63) is 59.2 Å². The molecule has 4 nitrogen and oxygen atoms in total. The van der Waals surface area contributed by atoms with Crippen LogP contribution in [-0.4, -0.2) is 4.89 Å². The molecule has 0 aromatic heterocycles. The third-order valence-corrected chi connectivity index (χ3v) is 4.59. The van der Waals surface area contributed by atoms with Crippen molar-refractivity contribution in [1.29, 1.82) is 0 Å². The van der Waals surface area contributed by atoms with Crippen molar-refractivity contribution >= 4 is 7.82 Å². The Bertz CT molecular complexity index is 753. The quantitative estimate of drug-likeness (QED) is 0.670. The van der Waals surface area contributed by atoms with Gasteiger partial charge in [0.1, 0.15) is 11.5 Å². The fourth-order valence-electron chi connectivity index (χ4n) is 2.71. The summed E-state index contributed by atoms with van der Waals surface area (Å²) in [7, 11) is -4.27. The van der Waals surface area contributed by atoms with Crippen molar-refractivity contribution < 1.29 is 18.5 Å². The second-order valence-electron chi connectivity index (χ2n) is 6.54. The molecule has 130 valence electrons. The van der Waals surface area contributed by atoms with Crippen LogP contribution in [0.15, 0.2) is 42.5 Å². The minimum absolute atomic E-state index is 0.164. The average molecular weight is 348 g/mol. The van der Waals surface area contributed by atoms with Crippen LogP contribution in [0, 0.1) is 6.92 Å². The maximum atomic E-state index is 12.4. The summed E-state index contributed by atoms with van der Waals surface area (Å²) in [5, 5.41) is 0. The summed E-state index contributed by atoms with van der Waals surface area (Å²) in [5.74, 6) is 1.17. The molecule has 5 heteroatoms. The van der Waals surface area contributed by atoms with Crippen molar-refractivity contribution in [3.8, 4) is 11.5 Å². The molecule has 0 bridgehead atoms. The molecule has 0 heterocycles. The van der Waals surface area contributed by atoms with E-state index in [1.54, 1.807) is 24.3 Å². The third kappa shape index (κ3) is 4.62. The molecule has 0 saturated heterocycles. The lowest BCUT2D eigenvalue weighted by Gasteiger charge is -2.21. The van der Waals surface area contributed by atoms with Crippen molar-refractivity contribution in [2.24, 2.45) is 0 Å². The molecule has 0 saturated carbocycles. The fourth-order valence-corrected chi connectivity index (χ4v) is 3.54.